The van der Waals surface area contributed by atoms with Gasteiger partial charge in [0.15, 0.2) is 0 Å². The molecule has 4 N–H and O–H groups in total. The molecule has 0 aliphatic heterocycles. The number of allylic oxidation sites excluding steroid dienone is 1. The van der Waals surface area contributed by atoms with E-state index in [-0.39, 0.29) is 23.5 Å². The molecule has 8 nitrogen and oxygen atoms in total. The third-order valence-electron chi connectivity index (χ3n) is 5.42. The molecule has 2 aromatic rings. The first-order chi connectivity index (χ1) is 14.9. The van der Waals surface area contributed by atoms with Crippen LogP contribution in [-0.4, -0.2) is 37.9 Å². The Balaban J connectivity index is 1.60. The molecule has 1 fully saturated rings. The summed E-state index contributed by atoms with van der Waals surface area (Å²) in [5.74, 6) is -2.53. The number of alkyl halides is 6. The van der Waals surface area contributed by atoms with E-state index in [1.807, 2.05) is 12.2 Å². The maximum atomic E-state index is 13.5. The van der Waals surface area contributed by atoms with E-state index < -0.39 is 48.1 Å². The van der Waals surface area contributed by atoms with E-state index in [2.05, 4.69) is 25.7 Å². The van der Waals surface area contributed by atoms with Gasteiger partial charge in [0.1, 0.15) is 17.9 Å². The van der Waals surface area contributed by atoms with Gasteiger partial charge in [0.2, 0.25) is 11.9 Å². The number of carbonyl (C=O) groups is 1. The Morgan fingerprint density at radius 2 is 1.88 bits per heavy atom. The molecular weight excluding hydrogens is 444 g/mol. The first-order valence-corrected chi connectivity index (χ1v) is 9.45. The van der Waals surface area contributed by atoms with Crippen molar-refractivity contribution >= 4 is 23.4 Å². The smallest absolute Gasteiger partial charge is 0.369 e. The van der Waals surface area contributed by atoms with E-state index in [0.29, 0.717) is 17.3 Å². The molecule has 1 amide bonds. The van der Waals surface area contributed by atoms with E-state index >= 15 is 0 Å². The minimum atomic E-state index is -4.78. The summed E-state index contributed by atoms with van der Waals surface area (Å²) in [6, 6.07) is -0.680. The third kappa shape index (κ3) is 4.48. The summed E-state index contributed by atoms with van der Waals surface area (Å²) in [7, 11) is 0. The Bertz CT molecular complexity index is 1050. The van der Waals surface area contributed by atoms with Crippen molar-refractivity contribution in [3.8, 4) is 0 Å². The van der Waals surface area contributed by atoms with E-state index in [1.165, 1.54) is 0 Å². The largest absolute Gasteiger partial charge is 0.421 e. The zero-order chi connectivity index (χ0) is 23.3. The normalized spacial score (nSPS) is 24.7. The van der Waals surface area contributed by atoms with Crippen molar-refractivity contribution in [3.63, 3.8) is 0 Å². The minimum Gasteiger partial charge on any atom is -0.369 e. The molecule has 4 rings (SSSR count). The van der Waals surface area contributed by atoms with Crippen LogP contribution in [0.15, 0.2) is 30.7 Å². The number of anilines is 3. The molecule has 0 saturated heterocycles. The molecule has 4 atom stereocenters. The lowest BCUT2D eigenvalue weighted by Crippen LogP contribution is -2.41. The van der Waals surface area contributed by atoms with Gasteiger partial charge < -0.3 is 16.4 Å². The van der Waals surface area contributed by atoms with E-state index in [0.717, 1.165) is 12.4 Å². The van der Waals surface area contributed by atoms with Crippen LogP contribution in [0.2, 0.25) is 0 Å². The highest BCUT2D eigenvalue weighted by molar-refractivity contribution is 5.80. The van der Waals surface area contributed by atoms with Crippen molar-refractivity contribution in [2.45, 2.75) is 31.4 Å². The number of amides is 1. The number of fused-ring (bicyclic) bond motifs is 2. The zero-order valence-electron chi connectivity index (χ0n) is 16.2. The number of rotatable bonds is 6. The van der Waals surface area contributed by atoms with Crippen molar-refractivity contribution in [3.05, 3.63) is 36.3 Å². The number of primary amides is 1. The molecule has 0 unspecified atom stereocenters. The van der Waals surface area contributed by atoms with Crippen molar-refractivity contribution in [1.29, 1.82) is 0 Å². The van der Waals surface area contributed by atoms with E-state index in [4.69, 9.17) is 5.73 Å². The predicted molar refractivity (Wildman–Crippen MR) is 99.4 cm³/mol. The average Bonchev–Trinajstić information content (AvgIpc) is 3.36. The van der Waals surface area contributed by atoms with Gasteiger partial charge in [-0.3, -0.25) is 9.48 Å². The maximum absolute atomic E-state index is 13.5. The molecule has 2 heterocycles. The fraction of sp³-hybridized carbons (Fsp3) is 0.444. The fourth-order valence-electron chi connectivity index (χ4n) is 4.15. The highest BCUT2D eigenvalue weighted by atomic mass is 19.4. The summed E-state index contributed by atoms with van der Waals surface area (Å²) in [5, 5.41) is 8.78. The maximum Gasteiger partial charge on any atom is 0.421 e. The standard InChI is InChI=1S/C18H17F6N7O/c19-17(20,21)7-31-6-10(4-27-31)28-16-26-5-11(18(22,23)24)15(30-16)29-13-9-2-1-8(3-9)12(13)14(25)32/h1-2,4-6,8-9,12-13H,3,7H2,(H2,25,32)(H2,26,28,29,30)/t8-,9-,12-,13+/m1/s1. The van der Waals surface area contributed by atoms with Crippen LogP contribution in [0.5, 0.6) is 0 Å². The first kappa shape index (κ1) is 21.9. The summed E-state index contributed by atoms with van der Waals surface area (Å²) >= 11 is 0. The summed E-state index contributed by atoms with van der Waals surface area (Å²) in [4.78, 5) is 19.4. The Morgan fingerprint density at radius 3 is 2.53 bits per heavy atom. The van der Waals surface area contributed by atoms with Gasteiger partial charge in [-0.2, -0.15) is 36.4 Å². The van der Waals surface area contributed by atoms with E-state index in [1.54, 1.807) is 0 Å². The molecule has 2 aromatic heterocycles. The average molecular weight is 461 g/mol. The van der Waals surface area contributed by atoms with Crippen molar-refractivity contribution in [1.82, 2.24) is 19.7 Å². The molecular formula is C18H17F6N7O. The lowest BCUT2D eigenvalue weighted by Gasteiger charge is -2.28. The predicted octanol–water partition coefficient (Wildman–Crippen LogP) is 3.09. The number of halogens is 6. The second-order valence-corrected chi connectivity index (χ2v) is 7.67. The van der Waals surface area contributed by atoms with Crippen LogP contribution in [-0.2, 0) is 17.5 Å². The van der Waals surface area contributed by atoms with Gasteiger partial charge in [-0.25, -0.2) is 4.98 Å². The fourth-order valence-corrected chi connectivity index (χ4v) is 4.15. The molecule has 32 heavy (non-hydrogen) atoms. The molecule has 0 radical (unpaired) electrons. The Hall–Kier alpha value is -3.32. The van der Waals surface area contributed by atoms with Gasteiger partial charge in [0, 0.05) is 18.4 Å². The summed E-state index contributed by atoms with van der Waals surface area (Å²) in [5.41, 5.74) is 4.37. The molecule has 1 saturated carbocycles. The van der Waals surface area contributed by atoms with Crippen LogP contribution < -0.4 is 16.4 Å². The van der Waals surface area contributed by atoms with Crippen molar-refractivity contribution < 1.29 is 31.1 Å². The van der Waals surface area contributed by atoms with Gasteiger partial charge in [0.05, 0.1) is 17.8 Å². The molecule has 0 aromatic carbocycles. The summed E-state index contributed by atoms with van der Waals surface area (Å²) in [6.45, 7) is -1.33. The number of nitrogens with zero attached hydrogens (tertiary/aromatic N) is 4. The number of nitrogens with two attached hydrogens (primary N) is 1. The molecule has 2 bridgehead atoms. The molecule has 0 spiro atoms. The third-order valence-corrected chi connectivity index (χ3v) is 5.42. The second kappa shape index (κ2) is 7.67. The van der Waals surface area contributed by atoms with Crippen LogP contribution in [0.4, 0.5) is 43.8 Å². The summed E-state index contributed by atoms with van der Waals surface area (Å²) in [6.07, 6.45) is -2.40. The van der Waals surface area contributed by atoms with Crippen molar-refractivity contribution in [2.75, 3.05) is 10.6 Å². The lowest BCUT2D eigenvalue weighted by atomic mass is 9.88. The second-order valence-electron chi connectivity index (χ2n) is 7.67. The highest BCUT2D eigenvalue weighted by Gasteiger charge is 2.48. The molecule has 2 aliphatic rings. The lowest BCUT2D eigenvalue weighted by molar-refractivity contribution is -0.142. The Morgan fingerprint density at radius 1 is 1.16 bits per heavy atom. The molecule has 2 aliphatic carbocycles. The van der Waals surface area contributed by atoms with Crippen LogP contribution in [0.25, 0.3) is 0 Å². The van der Waals surface area contributed by atoms with E-state index in [9.17, 15) is 31.1 Å². The molecule has 14 heteroatoms. The summed E-state index contributed by atoms with van der Waals surface area (Å²) < 4.78 is 78.6. The van der Waals surface area contributed by atoms with Crippen LogP contribution >= 0.6 is 0 Å². The van der Waals surface area contributed by atoms with Crippen LogP contribution in [0.1, 0.15) is 12.0 Å². The van der Waals surface area contributed by atoms with Crippen molar-refractivity contribution in [2.24, 2.45) is 23.5 Å². The van der Waals surface area contributed by atoms with Crippen LogP contribution in [0, 0.1) is 17.8 Å². The SMILES string of the molecule is NC(=O)[C@H]1[C@@H](Nc2nc(Nc3cnn(CC(F)(F)F)c3)ncc2C(F)(F)F)[C@@H]2C=C[C@@H]1C2. The van der Waals surface area contributed by atoms with Gasteiger partial charge >= 0.3 is 12.4 Å². The highest BCUT2D eigenvalue weighted by Crippen LogP contribution is 2.45. The molecule has 172 valence electrons. The van der Waals surface area contributed by atoms with Crippen LogP contribution in [0.3, 0.4) is 0 Å². The minimum absolute atomic E-state index is 0.0535. The van der Waals surface area contributed by atoms with Gasteiger partial charge in [0.25, 0.3) is 0 Å². The topological polar surface area (TPSA) is 111 Å². The number of nitrogens with one attached hydrogen (secondary N) is 2. The zero-order valence-corrected chi connectivity index (χ0v) is 16.2. The Kier molecular flexibility index (Phi) is 5.25. The number of hydrogen-bond acceptors (Lipinski definition) is 6. The number of aromatic nitrogens is 4. The van der Waals surface area contributed by atoms with Gasteiger partial charge in [-0.15, -0.1) is 0 Å². The first-order valence-electron chi connectivity index (χ1n) is 9.45. The quantitative estimate of drug-likeness (QED) is 0.451. The number of carbonyl (C=O) groups excluding carboxylic acids is 1. The van der Waals surface area contributed by atoms with Gasteiger partial charge in [-0.1, -0.05) is 12.2 Å². The monoisotopic (exact) mass is 461 g/mol. The van der Waals surface area contributed by atoms with Gasteiger partial charge in [-0.05, 0) is 18.3 Å². The Labute approximate surface area is 176 Å². The number of hydrogen-bond donors (Lipinski definition) is 3.